The molecule has 0 bridgehead atoms. The minimum atomic E-state index is -3.69. The average Bonchev–Trinajstić information content (AvgIpc) is 3.12. The van der Waals surface area contributed by atoms with Crippen molar-refractivity contribution < 1.29 is 177 Å². The van der Waals surface area contributed by atoms with Gasteiger partial charge in [-0.2, -0.15) is 6.92 Å². The van der Waals surface area contributed by atoms with Gasteiger partial charge in [-0.1, -0.05) is 0 Å². The maximum atomic E-state index is 6.37. The van der Waals surface area contributed by atoms with Crippen molar-refractivity contribution in [2.75, 3.05) is 88.4 Å². The molecular formula is C30H73O16Si6W5-. The standard InChI is InChI=1S/C17H40O9Si2.C9H24O6Si2.C4H9OSi2.5W/c1-9-18-17(19-10-2,27(20-11-3,21-12-4)22-13-5)26-28(23-14-6,24-15-7)25-16-8;1-9(10-2,16(7,11-3)12-4)15-17(8,13-5)14-6;1-4(6-2)5-7-3;;;;;/h9-16H2,1-8H3;1-8H3;1-3H3;;;;;/q;;-1;;;;;. The van der Waals surface area contributed by atoms with E-state index < -0.39 is 46.2 Å². The van der Waals surface area contributed by atoms with E-state index in [-0.39, 0.29) is 119 Å². The molecule has 0 N–H and O–H groups in total. The Kier molecular flexibility index (Phi) is 60.4. The molecule has 0 aromatic carbocycles. The van der Waals surface area contributed by atoms with E-state index in [1.54, 1.807) is 49.0 Å². The molecule has 0 aliphatic carbocycles. The van der Waals surface area contributed by atoms with Crippen molar-refractivity contribution in [3.8, 4) is 0 Å². The number of hydrogen-bond acceptors (Lipinski definition) is 16. The average molecular weight is 1780 g/mol. The summed E-state index contributed by atoms with van der Waals surface area (Å²) in [6, 6.07) is 0. The summed E-state index contributed by atoms with van der Waals surface area (Å²) >= 11 is 0. The molecule has 27 heteroatoms. The second kappa shape index (κ2) is 44.0. The minimum absolute atomic E-state index is 0. The van der Waals surface area contributed by atoms with Crippen molar-refractivity contribution in [3.63, 3.8) is 0 Å². The van der Waals surface area contributed by atoms with E-state index in [1.807, 2.05) is 75.4 Å². The van der Waals surface area contributed by atoms with E-state index in [1.165, 1.54) is 5.73 Å². The molecule has 16 nitrogen and oxygen atoms in total. The SMILES string of the molecule is CCOC(OCC)(O[Si](OCC)(OCC)OCC)[Si](OCC)(OCC)OCC.COC(C)(O[Si](C)(OC)OC)[Si](C)(OC)OC.C[Si]O[C-](C)[Si]C.[W].[W].[W].[W].[W]. The van der Waals surface area contributed by atoms with Gasteiger partial charge in [-0.15, -0.1) is 16.1 Å². The van der Waals surface area contributed by atoms with Crippen LogP contribution >= 0.6 is 0 Å². The largest absolute Gasteiger partial charge is 0.683 e. The smallest absolute Gasteiger partial charge is 0.593 e. The fraction of sp³-hybridized carbons (Fsp3) is 0.967. The first-order valence-corrected chi connectivity index (χ1v) is 28.4. The second-order valence-corrected chi connectivity index (χ2v) is 23.0. The summed E-state index contributed by atoms with van der Waals surface area (Å²) in [5, 5.41) is 0. The number of hydrogen-bond donors (Lipinski definition) is 0. The van der Waals surface area contributed by atoms with E-state index in [4.69, 9.17) is 71.7 Å². The van der Waals surface area contributed by atoms with Gasteiger partial charge in [0, 0.05) is 200 Å². The molecule has 4 radical (unpaired) electrons. The van der Waals surface area contributed by atoms with E-state index in [0.717, 1.165) is 9.52 Å². The van der Waals surface area contributed by atoms with Crippen LogP contribution in [0.25, 0.3) is 0 Å². The predicted molar refractivity (Wildman–Crippen MR) is 209 cm³/mol. The molecule has 0 aliphatic rings. The van der Waals surface area contributed by atoms with Crippen molar-refractivity contribution >= 4 is 54.5 Å². The van der Waals surface area contributed by atoms with Crippen molar-refractivity contribution in [2.24, 2.45) is 0 Å². The Bertz CT molecular complexity index is 819. The second-order valence-electron chi connectivity index (χ2n) is 10.2. The summed E-state index contributed by atoms with van der Waals surface area (Å²) in [5.74, 6) is 0. The van der Waals surface area contributed by atoms with Gasteiger partial charge in [-0.3, -0.25) is 4.43 Å². The van der Waals surface area contributed by atoms with Crippen molar-refractivity contribution in [1.29, 1.82) is 0 Å². The molecule has 0 aliphatic heterocycles. The van der Waals surface area contributed by atoms with Crippen LogP contribution in [0.2, 0.25) is 26.2 Å². The van der Waals surface area contributed by atoms with Crippen LogP contribution in [0.15, 0.2) is 0 Å². The molecule has 0 saturated heterocycles. The molecule has 344 valence electrons. The fourth-order valence-corrected chi connectivity index (χ4v) is 14.2. The first-order valence-electron chi connectivity index (χ1n) is 17.6. The van der Waals surface area contributed by atoms with Gasteiger partial charge in [0.25, 0.3) is 0 Å². The van der Waals surface area contributed by atoms with Gasteiger partial charge in [-0.05, 0) is 75.4 Å². The van der Waals surface area contributed by atoms with E-state index in [2.05, 4.69) is 6.55 Å². The molecule has 0 rings (SSSR count). The number of ether oxygens (including phenoxy) is 3. The first kappa shape index (κ1) is 78.3. The zero-order valence-corrected chi connectivity index (χ0v) is 58.4. The monoisotopic (exact) mass is 1780 g/mol. The van der Waals surface area contributed by atoms with Gasteiger partial charge in [0.2, 0.25) is 5.41 Å². The third-order valence-corrected chi connectivity index (χ3v) is 20.3. The third-order valence-electron chi connectivity index (χ3n) is 6.99. The molecule has 0 fully saturated rings. The van der Waals surface area contributed by atoms with Crippen LogP contribution in [0.1, 0.15) is 69.2 Å². The number of methoxy groups -OCH3 is 1. The predicted octanol–water partition coefficient (Wildman–Crippen LogP) is 4.91. The van der Waals surface area contributed by atoms with Crippen LogP contribution in [0.5, 0.6) is 0 Å². The Morgan fingerprint density at radius 3 is 1.09 bits per heavy atom. The zero-order valence-electron chi connectivity index (χ0n) is 37.7. The zero-order chi connectivity index (χ0) is 41.0. The minimum Gasteiger partial charge on any atom is -0.593 e. The molecule has 0 saturated carbocycles. The Morgan fingerprint density at radius 2 is 0.877 bits per heavy atom. The van der Waals surface area contributed by atoms with Gasteiger partial charge < -0.3 is 67.3 Å². The quantitative estimate of drug-likeness (QED) is 0.0545. The van der Waals surface area contributed by atoms with E-state index >= 15 is 0 Å². The summed E-state index contributed by atoms with van der Waals surface area (Å²) in [7, 11) is -3.50. The van der Waals surface area contributed by atoms with Crippen LogP contribution in [0.3, 0.4) is 0 Å². The van der Waals surface area contributed by atoms with E-state index in [0.29, 0.717) is 49.4 Å². The molecule has 0 amide bonds. The summed E-state index contributed by atoms with van der Waals surface area (Å²) in [5.41, 5.74) is -1.63. The number of rotatable bonds is 30. The Hall–Kier alpha value is 4.10. The van der Waals surface area contributed by atoms with Crippen LogP contribution < -0.4 is 0 Å². The maximum Gasteiger partial charge on any atom is 0.683 e. The first-order chi connectivity index (χ1) is 24.5. The van der Waals surface area contributed by atoms with Gasteiger partial charge in [0.15, 0.2) is 9.76 Å². The molecule has 0 aromatic heterocycles. The summed E-state index contributed by atoms with van der Waals surface area (Å²) in [6.07, 6.45) is 0. The van der Waals surface area contributed by atoms with Gasteiger partial charge in [0.05, 0.1) is 0 Å². The van der Waals surface area contributed by atoms with E-state index in [9.17, 15) is 0 Å². The van der Waals surface area contributed by atoms with Gasteiger partial charge in [-0.25, -0.2) is 5.73 Å². The topological polar surface area (TPSA) is 148 Å². The molecule has 1 unspecified atom stereocenters. The molecule has 0 spiro atoms. The summed E-state index contributed by atoms with van der Waals surface area (Å²) < 4.78 is 92.1. The summed E-state index contributed by atoms with van der Waals surface area (Å²) in [6.45, 7) is 28.8. The Balaban J connectivity index is -0.000000119. The van der Waals surface area contributed by atoms with Gasteiger partial charge in [0.1, 0.15) is 0 Å². The Morgan fingerprint density at radius 1 is 0.526 bits per heavy atom. The molecule has 1 atom stereocenters. The molecule has 0 heterocycles. The van der Waals surface area contributed by atoms with Crippen LogP contribution in [-0.4, -0.2) is 154 Å². The van der Waals surface area contributed by atoms with Crippen LogP contribution in [-0.2, 0) is 177 Å². The maximum absolute atomic E-state index is 6.37. The summed E-state index contributed by atoms with van der Waals surface area (Å²) in [4.78, 5) is 0. The molecule has 0 aromatic rings. The van der Waals surface area contributed by atoms with Crippen molar-refractivity contribution in [3.05, 3.63) is 5.73 Å². The van der Waals surface area contributed by atoms with Crippen LogP contribution in [0.4, 0.5) is 0 Å². The van der Waals surface area contributed by atoms with Crippen LogP contribution in [0, 0.1) is 5.73 Å². The molecular weight excluding hydrogens is 1700 g/mol. The normalized spacial score (nSPS) is 12.8. The fourth-order valence-electron chi connectivity index (χ4n) is 4.09. The molecule has 57 heavy (non-hydrogen) atoms. The third kappa shape index (κ3) is 27.4. The van der Waals surface area contributed by atoms with Crippen molar-refractivity contribution in [1.82, 2.24) is 0 Å². The Labute approximate surface area is 427 Å². The van der Waals surface area contributed by atoms with Gasteiger partial charge >= 0.3 is 40.8 Å². The van der Waals surface area contributed by atoms with Crippen molar-refractivity contribution in [2.45, 2.75) is 106 Å².